The Balaban J connectivity index is 2.96. The smallest absolute Gasteiger partial charge is 0.339 e. The van der Waals surface area contributed by atoms with E-state index in [2.05, 4.69) is 14.9 Å². The molecular formula is C6H7N3O2. The maximum Gasteiger partial charge on any atom is 0.339 e. The minimum atomic E-state index is -0.466. The molecule has 0 spiro atoms. The molecule has 2 N–H and O–H groups in total. The number of nitrogens with zero attached hydrogens (tertiary/aromatic N) is 2. The van der Waals surface area contributed by atoms with Gasteiger partial charge in [0.25, 0.3) is 0 Å². The van der Waals surface area contributed by atoms with Crippen LogP contribution in [0.1, 0.15) is 10.4 Å². The fourth-order valence-corrected chi connectivity index (χ4v) is 0.613. The molecule has 1 heterocycles. The van der Waals surface area contributed by atoms with Crippen molar-refractivity contribution in [3.63, 3.8) is 0 Å². The molecule has 0 radical (unpaired) electrons. The average Bonchev–Trinajstić information content (AvgIpc) is 2.03. The van der Waals surface area contributed by atoms with Crippen LogP contribution in [0.15, 0.2) is 12.3 Å². The number of rotatable bonds is 1. The molecule has 0 bridgehead atoms. The van der Waals surface area contributed by atoms with Gasteiger partial charge in [0.05, 0.1) is 18.9 Å². The van der Waals surface area contributed by atoms with Crippen molar-refractivity contribution in [1.29, 1.82) is 0 Å². The SMILES string of the molecule is COC(=O)c1cnnc(N)c1. The summed E-state index contributed by atoms with van der Waals surface area (Å²) in [4.78, 5) is 10.8. The van der Waals surface area contributed by atoms with Crippen LogP contribution in [0.3, 0.4) is 0 Å². The second-order valence-electron chi connectivity index (χ2n) is 1.86. The van der Waals surface area contributed by atoms with E-state index in [1.54, 1.807) is 0 Å². The molecule has 0 saturated carbocycles. The molecular weight excluding hydrogens is 146 g/mol. The number of hydrogen-bond acceptors (Lipinski definition) is 5. The molecule has 1 aromatic rings. The first kappa shape index (κ1) is 7.46. The van der Waals surface area contributed by atoms with Crippen molar-refractivity contribution in [1.82, 2.24) is 10.2 Å². The predicted molar refractivity (Wildman–Crippen MR) is 37.8 cm³/mol. The Morgan fingerprint density at radius 2 is 2.45 bits per heavy atom. The number of anilines is 1. The number of ether oxygens (including phenoxy) is 1. The average molecular weight is 153 g/mol. The van der Waals surface area contributed by atoms with Crippen molar-refractivity contribution in [2.45, 2.75) is 0 Å². The maximum absolute atomic E-state index is 10.8. The van der Waals surface area contributed by atoms with Gasteiger partial charge in [-0.2, -0.15) is 5.10 Å². The zero-order valence-electron chi connectivity index (χ0n) is 5.94. The molecule has 0 aliphatic rings. The van der Waals surface area contributed by atoms with Gasteiger partial charge in [-0.25, -0.2) is 4.79 Å². The number of methoxy groups -OCH3 is 1. The number of carbonyl (C=O) groups is 1. The number of aromatic nitrogens is 2. The Labute approximate surface area is 63.2 Å². The van der Waals surface area contributed by atoms with Gasteiger partial charge in [-0.3, -0.25) is 0 Å². The Hall–Kier alpha value is -1.65. The Kier molecular flexibility index (Phi) is 2.00. The summed E-state index contributed by atoms with van der Waals surface area (Å²) >= 11 is 0. The van der Waals surface area contributed by atoms with Gasteiger partial charge < -0.3 is 10.5 Å². The highest BCUT2D eigenvalue weighted by molar-refractivity contribution is 5.89. The number of nitrogen functional groups attached to an aromatic ring is 1. The van der Waals surface area contributed by atoms with E-state index in [0.717, 1.165) is 0 Å². The minimum absolute atomic E-state index is 0.202. The van der Waals surface area contributed by atoms with E-state index < -0.39 is 5.97 Å². The standard InChI is InChI=1S/C6H7N3O2/c1-11-6(10)4-2-5(7)9-8-3-4/h2-3H,1H3,(H2,7,9). The van der Waals surface area contributed by atoms with Gasteiger partial charge in [0, 0.05) is 0 Å². The molecule has 0 atom stereocenters. The molecule has 5 heteroatoms. The molecule has 5 nitrogen and oxygen atoms in total. The van der Waals surface area contributed by atoms with Crippen LogP contribution in [-0.4, -0.2) is 23.3 Å². The number of carbonyl (C=O) groups excluding carboxylic acids is 1. The van der Waals surface area contributed by atoms with Crippen LogP contribution in [0.5, 0.6) is 0 Å². The second-order valence-corrected chi connectivity index (χ2v) is 1.86. The number of hydrogen-bond donors (Lipinski definition) is 1. The fourth-order valence-electron chi connectivity index (χ4n) is 0.613. The van der Waals surface area contributed by atoms with Crippen molar-refractivity contribution < 1.29 is 9.53 Å². The first-order chi connectivity index (χ1) is 5.24. The van der Waals surface area contributed by atoms with Crippen LogP contribution >= 0.6 is 0 Å². The Morgan fingerprint density at radius 1 is 1.73 bits per heavy atom. The fraction of sp³-hybridized carbons (Fsp3) is 0.167. The highest BCUT2D eigenvalue weighted by Gasteiger charge is 2.04. The molecule has 11 heavy (non-hydrogen) atoms. The number of esters is 1. The second kappa shape index (κ2) is 2.96. The summed E-state index contributed by atoms with van der Waals surface area (Å²) < 4.78 is 4.43. The quantitative estimate of drug-likeness (QED) is 0.567. The molecule has 0 aliphatic carbocycles. The summed E-state index contributed by atoms with van der Waals surface area (Å²) in [6.07, 6.45) is 1.29. The van der Waals surface area contributed by atoms with Crippen molar-refractivity contribution in [2.24, 2.45) is 0 Å². The van der Waals surface area contributed by atoms with Crippen molar-refractivity contribution in [3.8, 4) is 0 Å². The maximum atomic E-state index is 10.8. The van der Waals surface area contributed by atoms with Crippen LogP contribution < -0.4 is 5.73 Å². The van der Waals surface area contributed by atoms with Crippen LogP contribution in [-0.2, 0) is 4.74 Å². The van der Waals surface area contributed by atoms with Crippen molar-refractivity contribution in [2.75, 3.05) is 12.8 Å². The molecule has 1 rings (SSSR count). The van der Waals surface area contributed by atoms with E-state index in [1.807, 2.05) is 0 Å². The van der Waals surface area contributed by atoms with Gasteiger partial charge in [0.1, 0.15) is 5.82 Å². The third-order valence-electron chi connectivity index (χ3n) is 1.09. The number of nitrogens with two attached hydrogens (primary N) is 1. The molecule has 58 valence electrons. The lowest BCUT2D eigenvalue weighted by molar-refractivity contribution is 0.0600. The van der Waals surface area contributed by atoms with Crippen LogP contribution in [0.4, 0.5) is 5.82 Å². The lowest BCUT2D eigenvalue weighted by atomic mass is 10.3. The van der Waals surface area contributed by atoms with Gasteiger partial charge in [0.2, 0.25) is 0 Å². The van der Waals surface area contributed by atoms with Gasteiger partial charge in [-0.15, -0.1) is 5.10 Å². The zero-order valence-corrected chi connectivity index (χ0v) is 5.94. The third-order valence-corrected chi connectivity index (χ3v) is 1.09. The van der Waals surface area contributed by atoms with E-state index in [4.69, 9.17) is 5.73 Å². The molecule has 0 aromatic carbocycles. The van der Waals surface area contributed by atoms with Gasteiger partial charge in [0.15, 0.2) is 0 Å². The van der Waals surface area contributed by atoms with Gasteiger partial charge >= 0.3 is 5.97 Å². The monoisotopic (exact) mass is 153 g/mol. The van der Waals surface area contributed by atoms with E-state index in [9.17, 15) is 4.79 Å². The van der Waals surface area contributed by atoms with Crippen LogP contribution in [0, 0.1) is 0 Å². The van der Waals surface area contributed by atoms with E-state index >= 15 is 0 Å². The minimum Gasteiger partial charge on any atom is -0.465 e. The first-order valence-corrected chi connectivity index (χ1v) is 2.90. The molecule has 0 unspecified atom stereocenters. The zero-order chi connectivity index (χ0) is 8.27. The summed E-state index contributed by atoms with van der Waals surface area (Å²) in [5, 5.41) is 6.95. The lowest BCUT2D eigenvalue weighted by Crippen LogP contribution is -2.04. The highest BCUT2D eigenvalue weighted by Crippen LogP contribution is 2.01. The Bertz CT molecular complexity index is 274. The van der Waals surface area contributed by atoms with E-state index in [1.165, 1.54) is 19.4 Å². The molecule has 0 aliphatic heterocycles. The normalized spacial score (nSPS) is 9.18. The molecule has 0 fully saturated rings. The van der Waals surface area contributed by atoms with Gasteiger partial charge in [-0.05, 0) is 6.07 Å². The summed E-state index contributed by atoms with van der Waals surface area (Å²) in [5.74, 6) is -0.264. The van der Waals surface area contributed by atoms with Gasteiger partial charge in [-0.1, -0.05) is 0 Å². The van der Waals surface area contributed by atoms with Crippen LogP contribution in [0.25, 0.3) is 0 Å². The first-order valence-electron chi connectivity index (χ1n) is 2.90. The van der Waals surface area contributed by atoms with Crippen LogP contribution in [0.2, 0.25) is 0 Å². The van der Waals surface area contributed by atoms with E-state index in [0.29, 0.717) is 5.56 Å². The topological polar surface area (TPSA) is 78.1 Å². The summed E-state index contributed by atoms with van der Waals surface area (Å²) in [6.45, 7) is 0. The molecule has 0 amide bonds. The summed E-state index contributed by atoms with van der Waals surface area (Å²) in [6, 6.07) is 1.40. The largest absolute Gasteiger partial charge is 0.465 e. The van der Waals surface area contributed by atoms with Crippen molar-refractivity contribution in [3.05, 3.63) is 17.8 Å². The Morgan fingerprint density at radius 3 is 3.00 bits per heavy atom. The third kappa shape index (κ3) is 1.64. The van der Waals surface area contributed by atoms with Crippen molar-refractivity contribution >= 4 is 11.8 Å². The highest BCUT2D eigenvalue weighted by atomic mass is 16.5. The summed E-state index contributed by atoms with van der Waals surface area (Å²) in [5.41, 5.74) is 5.58. The van der Waals surface area contributed by atoms with E-state index in [-0.39, 0.29) is 5.82 Å². The summed E-state index contributed by atoms with van der Waals surface area (Å²) in [7, 11) is 1.29. The lowest BCUT2D eigenvalue weighted by Gasteiger charge is -1.96. The predicted octanol–water partition coefficient (Wildman–Crippen LogP) is -0.155. The molecule has 0 saturated heterocycles. The molecule has 1 aromatic heterocycles.